The number of hydrogen-bond acceptors (Lipinski definition) is 3. The van der Waals surface area contributed by atoms with Gasteiger partial charge >= 0.3 is 0 Å². The lowest BCUT2D eigenvalue weighted by Gasteiger charge is -2.29. The summed E-state index contributed by atoms with van der Waals surface area (Å²) in [5.74, 6) is 0. The number of rotatable bonds is 6. The molecule has 2 heterocycles. The lowest BCUT2D eigenvalue weighted by atomic mass is 9.95. The van der Waals surface area contributed by atoms with Gasteiger partial charge in [-0.25, -0.2) is 0 Å². The summed E-state index contributed by atoms with van der Waals surface area (Å²) in [6.07, 6.45) is 0. The fourth-order valence-corrected chi connectivity index (χ4v) is 9.31. The van der Waals surface area contributed by atoms with Crippen molar-refractivity contribution in [2.45, 2.75) is 0 Å². The first-order valence-electron chi connectivity index (χ1n) is 18.7. The van der Waals surface area contributed by atoms with Crippen molar-refractivity contribution in [2.75, 3.05) is 4.90 Å². The molecule has 55 heavy (non-hydrogen) atoms. The van der Waals surface area contributed by atoms with E-state index in [1.807, 2.05) is 23.5 Å². The minimum absolute atomic E-state index is 0.906. The SMILES string of the molecule is c1ccc(-c2ccc(-c3ccc4ccccc4c3)cc2N(c2ccc(-c3ccc4oc5ccccc5c4c3)cc2)c2cccc3sc4ccccc4c23)cc1. The van der Waals surface area contributed by atoms with Crippen molar-refractivity contribution < 1.29 is 4.42 Å². The average Bonchev–Trinajstić information content (AvgIpc) is 3.83. The first kappa shape index (κ1) is 31.6. The average molecular weight is 720 g/mol. The van der Waals surface area contributed by atoms with Crippen LogP contribution in [0.5, 0.6) is 0 Å². The molecule has 0 unspecified atom stereocenters. The fourth-order valence-electron chi connectivity index (χ4n) is 8.19. The molecule has 0 radical (unpaired) electrons. The van der Waals surface area contributed by atoms with Crippen molar-refractivity contribution in [1.82, 2.24) is 0 Å². The van der Waals surface area contributed by atoms with Gasteiger partial charge in [-0.05, 0) is 99.3 Å². The van der Waals surface area contributed by atoms with E-state index in [9.17, 15) is 0 Å². The fraction of sp³-hybridized carbons (Fsp3) is 0. The topological polar surface area (TPSA) is 16.4 Å². The molecule has 0 aliphatic carbocycles. The zero-order valence-corrected chi connectivity index (χ0v) is 30.6. The van der Waals surface area contributed by atoms with E-state index in [0.717, 1.165) is 50.1 Å². The molecule has 11 rings (SSSR count). The molecule has 0 saturated carbocycles. The largest absolute Gasteiger partial charge is 0.456 e. The summed E-state index contributed by atoms with van der Waals surface area (Å²) in [6, 6.07) is 72.5. The number of furan rings is 1. The lowest BCUT2D eigenvalue weighted by Crippen LogP contribution is -2.12. The molecule has 0 aliphatic rings. The Kier molecular flexibility index (Phi) is 7.39. The molecular formula is C52H33NOS. The Bertz CT molecular complexity index is 3210. The van der Waals surface area contributed by atoms with Crippen LogP contribution in [0.3, 0.4) is 0 Å². The van der Waals surface area contributed by atoms with Gasteiger partial charge in [0, 0.05) is 42.2 Å². The van der Waals surface area contributed by atoms with Gasteiger partial charge in [0.15, 0.2) is 0 Å². The summed E-state index contributed by atoms with van der Waals surface area (Å²) in [6.45, 7) is 0. The van der Waals surface area contributed by atoms with Gasteiger partial charge in [-0.2, -0.15) is 0 Å². The Labute approximate surface area is 322 Å². The van der Waals surface area contributed by atoms with Gasteiger partial charge in [0.25, 0.3) is 0 Å². The summed E-state index contributed by atoms with van der Waals surface area (Å²) in [5.41, 5.74) is 12.2. The molecular weight excluding hydrogens is 687 g/mol. The smallest absolute Gasteiger partial charge is 0.135 e. The summed E-state index contributed by atoms with van der Waals surface area (Å²) >= 11 is 1.85. The summed E-state index contributed by atoms with van der Waals surface area (Å²) in [7, 11) is 0. The number of benzene rings is 9. The Balaban J connectivity index is 1.14. The molecule has 0 saturated heterocycles. The van der Waals surface area contributed by atoms with Crippen LogP contribution in [-0.2, 0) is 0 Å². The van der Waals surface area contributed by atoms with E-state index in [-0.39, 0.29) is 0 Å². The molecule has 0 atom stereocenters. The monoisotopic (exact) mass is 719 g/mol. The van der Waals surface area contributed by atoms with Crippen LogP contribution in [0.4, 0.5) is 17.1 Å². The molecule has 3 heteroatoms. The number of para-hydroxylation sites is 1. The highest BCUT2D eigenvalue weighted by atomic mass is 32.1. The third kappa shape index (κ3) is 5.40. The Morgan fingerprint density at radius 1 is 0.364 bits per heavy atom. The third-order valence-corrected chi connectivity index (χ3v) is 12.0. The second-order valence-electron chi connectivity index (χ2n) is 14.1. The number of fused-ring (bicyclic) bond motifs is 7. The first-order chi connectivity index (χ1) is 27.2. The maximum atomic E-state index is 6.16. The number of hydrogen-bond donors (Lipinski definition) is 0. The maximum Gasteiger partial charge on any atom is 0.135 e. The highest BCUT2D eigenvalue weighted by Gasteiger charge is 2.22. The highest BCUT2D eigenvalue weighted by molar-refractivity contribution is 7.26. The van der Waals surface area contributed by atoms with Crippen LogP contribution in [0.1, 0.15) is 0 Å². The van der Waals surface area contributed by atoms with Gasteiger partial charge in [-0.3, -0.25) is 0 Å². The minimum atomic E-state index is 0.906. The molecule has 0 spiro atoms. The van der Waals surface area contributed by atoms with Crippen LogP contribution in [0.2, 0.25) is 0 Å². The normalized spacial score (nSPS) is 11.6. The molecule has 2 nitrogen and oxygen atoms in total. The van der Waals surface area contributed by atoms with Gasteiger partial charge in [0.2, 0.25) is 0 Å². The van der Waals surface area contributed by atoms with Gasteiger partial charge in [0.1, 0.15) is 11.2 Å². The van der Waals surface area contributed by atoms with E-state index in [1.54, 1.807) is 0 Å². The van der Waals surface area contributed by atoms with E-state index in [1.165, 1.54) is 53.2 Å². The zero-order chi connectivity index (χ0) is 36.3. The van der Waals surface area contributed by atoms with E-state index in [0.29, 0.717) is 0 Å². The third-order valence-electron chi connectivity index (χ3n) is 10.9. The van der Waals surface area contributed by atoms with Crippen molar-refractivity contribution in [2.24, 2.45) is 0 Å². The maximum absolute atomic E-state index is 6.16. The van der Waals surface area contributed by atoms with Crippen LogP contribution >= 0.6 is 11.3 Å². The second kappa shape index (κ2) is 12.9. The number of nitrogens with zero attached hydrogens (tertiary/aromatic N) is 1. The number of anilines is 3. The summed E-state index contributed by atoms with van der Waals surface area (Å²) < 4.78 is 8.71. The van der Waals surface area contributed by atoms with E-state index < -0.39 is 0 Å². The minimum Gasteiger partial charge on any atom is -0.456 e. The molecule has 2 aromatic heterocycles. The van der Waals surface area contributed by atoms with E-state index >= 15 is 0 Å². The quantitative estimate of drug-likeness (QED) is 0.170. The Hall–Kier alpha value is -6.94. The predicted octanol–water partition coefficient (Wildman–Crippen LogP) is 15.6. The lowest BCUT2D eigenvalue weighted by molar-refractivity contribution is 0.669. The Morgan fingerprint density at radius 2 is 1.02 bits per heavy atom. The molecule has 0 aliphatic heterocycles. The van der Waals surface area contributed by atoms with Crippen LogP contribution in [0.15, 0.2) is 205 Å². The molecule has 258 valence electrons. The van der Waals surface area contributed by atoms with Crippen LogP contribution in [0, 0.1) is 0 Å². The highest BCUT2D eigenvalue weighted by Crippen LogP contribution is 2.48. The molecule has 0 bridgehead atoms. The second-order valence-corrected chi connectivity index (χ2v) is 15.2. The molecule has 0 amide bonds. The predicted molar refractivity (Wildman–Crippen MR) is 235 cm³/mol. The van der Waals surface area contributed by atoms with Gasteiger partial charge < -0.3 is 9.32 Å². The Morgan fingerprint density at radius 3 is 1.91 bits per heavy atom. The van der Waals surface area contributed by atoms with E-state index in [2.05, 4.69) is 193 Å². The van der Waals surface area contributed by atoms with Gasteiger partial charge in [-0.15, -0.1) is 11.3 Å². The van der Waals surface area contributed by atoms with Crippen molar-refractivity contribution in [1.29, 1.82) is 0 Å². The van der Waals surface area contributed by atoms with Crippen molar-refractivity contribution in [3.63, 3.8) is 0 Å². The molecule has 11 aromatic rings. The zero-order valence-electron chi connectivity index (χ0n) is 29.8. The van der Waals surface area contributed by atoms with Crippen LogP contribution in [-0.4, -0.2) is 0 Å². The van der Waals surface area contributed by atoms with Crippen molar-refractivity contribution in [3.8, 4) is 33.4 Å². The van der Waals surface area contributed by atoms with Crippen LogP contribution < -0.4 is 4.90 Å². The van der Waals surface area contributed by atoms with E-state index in [4.69, 9.17) is 4.42 Å². The van der Waals surface area contributed by atoms with Gasteiger partial charge in [0.05, 0.1) is 11.4 Å². The van der Waals surface area contributed by atoms with Gasteiger partial charge in [-0.1, -0.05) is 140 Å². The number of thiophene rings is 1. The first-order valence-corrected chi connectivity index (χ1v) is 19.5. The molecule has 9 aromatic carbocycles. The molecule has 0 fully saturated rings. The van der Waals surface area contributed by atoms with Crippen LogP contribution in [0.25, 0.3) is 86.3 Å². The standard InChI is InChI=1S/C52H33NOS/c1-2-12-36(13-3-1)42-29-25-40(38-22-21-34-11-4-5-14-37(34)31-38)33-47(42)53(46-17-10-20-51-52(46)44-16-7-9-19-50(44)55-51)41-27-23-35(24-28-41)39-26-30-49-45(32-39)43-15-6-8-18-48(43)54-49/h1-33H. The summed E-state index contributed by atoms with van der Waals surface area (Å²) in [5, 5.41) is 7.28. The van der Waals surface area contributed by atoms with Crippen molar-refractivity contribution in [3.05, 3.63) is 200 Å². The van der Waals surface area contributed by atoms with Crippen molar-refractivity contribution >= 4 is 81.3 Å². The molecule has 0 N–H and O–H groups in total. The summed E-state index contributed by atoms with van der Waals surface area (Å²) in [4.78, 5) is 2.48.